The van der Waals surface area contributed by atoms with E-state index >= 15 is 0 Å². The van der Waals surface area contributed by atoms with E-state index in [0.717, 1.165) is 0 Å². The van der Waals surface area contributed by atoms with Gasteiger partial charge in [0.1, 0.15) is 0 Å². The number of aliphatic hydroxyl groups excluding tert-OH is 2. The molecule has 1 rings (SSSR count). The SMILES string of the molecule is CC(C(=O)Nc1c(N)cc(Cl)cc1Cl)N(CCO)CCO. The van der Waals surface area contributed by atoms with Crippen molar-refractivity contribution in [3.8, 4) is 0 Å². The lowest BCUT2D eigenvalue weighted by Crippen LogP contribution is -2.44. The number of carbonyl (C=O) groups excluding carboxylic acids is 1. The average molecular weight is 336 g/mol. The van der Waals surface area contributed by atoms with Gasteiger partial charge in [0.05, 0.1) is 35.7 Å². The first-order chi connectivity index (χ1) is 9.90. The first kappa shape index (κ1) is 18.0. The van der Waals surface area contributed by atoms with Crippen molar-refractivity contribution in [1.82, 2.24) is 4.90 Å². The van der Waals surface area contributed by atoms with Crippen LogP contribution < -0.4 is 11.1 Å². The summed E-state index contributed by atoms with van der Waals surface area (Å²) in [5.41, 5.74) is 6.35. The second-order valence-corrected chi connectivity index (χ2v) is 5.34. The fourth-order valence-electron chi connectivity index (χ4n) is 1.87. The molecule has 0 radical (unpaired) electrons. The Morgan fingerprint density at radius 3 is 2.38 bits per heavy atom. The second-order valence-electron chi connectivity index (χ2n) is 4.50. The number of amides is 1. The molecule has 1 amide bonds. The minimum absolute atomic E-state index is 0.110. The fourth-order valence-corrected chi connectivity index (χ4v) is 2.43. The summed E-state index contributed by atoms with van der Waals surface area (Å²) < 4.78 is 0. The van der Waals surface area contributed by atoms with Crippen LogP contribution in [0.5, 0.6) is 0 Å². The van der Waals surface area contributed by atoms with Crippen molar-refractivity contribution in [2.24, 2.45) is 0 Å². The van der Waals surface area contributed by atoms with Crippen LogP contribution in [0.25, 0.3) is 0 Å². The molecule has 0 fully saturated rings. The molecule has 21 heavy (non-hydrogen) atoms. The molecule has 6 nitrogen and oxygen atoms in total. The third kappa shape index (κ3) is 5.01. The zero-order valence-corrected chi connectivity index (χ0v) is 13.2. The van der Waals surface area contributed by atoms with E-state index in [9.17, 15) is 4.79 Å². The Balaban J connectivity index is 2.84. The fraction of sp³-hybridized carbons (Fsp3) is 0.462. The average Bonchev–Trinajstić information content (AvgIpc) is 2.41. The molecule has 1 unspecified atom stereocenters. The van der Waals surface area contributed by atoms with Crippen LogP contribution in [0, 0.1) is 0 Å². The molecular weight excluding hydrogens is 317 g/mol. The summed E-state index contributed by atoms with van der Waals surface area (Å²) in [6.45, 7) is 2.00. The van der Waals surface area contributed by atoms with Gasteiger partial charge in [-0.05, 0) is 19.1 Å². The molecule has 0 saturated heterocycles. The van der Waals surface area contributed by atoms with Crippen LogP contribution in [-0.2, 0) is 4.79 Å². The first-order valence-electron chi connectivity index (χ1n) is 6.41. The van der Waals surface area contributed by atoms with Gasteiger partial charge in [0, 0.05) is 18.1 Å². The molecule has 0 heterocycles. The summed E-state index contributed by atoms with van der Waals surface area (Å²) in [5.74, 6) is -0.340. The highest BCUT2D eigenvalue weighted by Gasteiger charge is 2.22. The van der Waals surface area contributed by atoms with Gasteiger partial charge < -0.3 is 21.3 Å². The van der Waals surface area contributed by atoms with Gasteiger partial charge in [0.2, 0.25) is 5.91 Å². The molecule has 5 N–H and O–H groups in total. The van der Waals surface area contributed by atoms with Crippen molar-refractivity contribution >= 4 is 40.5 Å². The highest BCUT2D eigenvalue weighted by atomic mass is 35.5. The summed E-state index contributed by atoms with van der Waals surface area (Å²) in [5, 5.41) is 21.3. The molecule has 0 saturated carbocycles. The summed E-state index contributed by atoms with van der Waals surface area (Å²) in [6.07, 6.45) is 0. The quantitative estimate of drug-likeness (QED) is 0.561. The van der Waals surface area contributed by atoms with E-state index in [1.807, 2.05) is 0 Å². The Hall–Kier alpha value is -1.05. The molecule has 0 bridgehead atoms. The topological polar surface area (TPSA) is 98.8 Å². The Morgan fingerprint density at radius 2 is 1.90 bits per heavy atom. The molecule has 0 aliphatic rings. The van der Waals surface area contributed by atoms with E-state index in [1.54, 1.807) is 11.8 Å². The van der Waals surface area contributed by atoms with E-state index in [2.05, 4.69) is 5.32 Å². The van der Waals surface area contributed by atoms with Crippen LogP contribution in [0.4, 0.5) is 11.4 Å². The van der Waals surface area contributed by atoms with Gasteiger partial charge in [-0.3, -0.25) is 9.69 Å². The number of nitrogens with zero attached hydrogens (tertiary/aromatic N) is 1. The van der Waals surface area contributed by atoms with Gasteiger partial charge in [-0.2, -0.15) is 0 Å². The van der Waals surface area contributed by atoms with Gasteiger partial charge in [-0.1, -0.05) is 23.2 Å². The summed E-state index contributed by atoms with van der Waals surface area (Å²) in [6, 6.07) is 2.42. The number of anilines is 2. The number of nitrogen functional groups attached to an aromatic ring is 1. The highest BCUT2D eigenvalue weighted by Crippen LogP contribution is 2.32. The van der Waals surface area contributed by atoms with Crippen LogP contribution in [0.2, 0.25) is 10.0 Å². The zero-order chi connectivity index (χ0) is 16.0. The van der Waals surface area contributed by atoms with Crippen molar-refractivity contribution in [2.45, 2.75) is 13.0 Å². The minimum atomic E-state index is -0.560. The number of hydrogen-bond acceptors (Lipinski definition) is 5. The molecule has 1 aromatic carbocycles. The van der Waals surface area contributed by atoms with Gasteiger partial charge >= 0.3 is 0 Å². The number of hydrogen-bond donors (Lipinski definition) is 4. The Labute approximate surface area is 133 Å². The third-order valence-corrected chi connectivity index (χ3v) is 3.55. The summed E-state index contributed by atoms with van der Waals surface area (Å²) in [7, 11) is 0. The van der Waals surface area contributed by atoms with Crippen molar-refractivity contribution < 1.29 is 15.0 Å². The number of carbonyl (C=O) groups is 1. The monoisotopic (exact) mass is 335 g/mol. The predicted octanol–water partition coefficient (Wildman–Crippen LogP) is 1.19. The molecule has 0 aliphatic heterocycles. The molecule has 1 aromatic rings. The Kier molecular flexibility index (Phi) is 7.21. The third-order valence-electron chi connectivity index (χ3n) is 3.04. The van der Waals surface area contributed by atoms with Gasteiger partial charge in [-0.15, -0.1) is 0 Å². The maximum atomic E-state index is 12.2. The largest absolute Gasteiger partial charge is 0.397 e. The smallest absolute Gasteiger partial charge is 0.241 e. The van der Waals surface area contributed by atoms with Crippen LogP contribution >= 0.6 is 23.2 Å². The maximum absolute atomic E-state index is 12.2. The highest BCUT2D eigenvalue weighted by molar-refractivity contribution is 6.37. The minimum Gasteiger partial charge on any atom is -0.397 e. The molecule has 8 heteroatoms. The first-order valence-corrected chi connectivity index (χ1v) is 7.17. The summed E-state index contributed by atoms with van der Waals surface area (Å²) in [4.78, 5) is 13.9. The molecule has 0 aliphatic carbocycles. The Bertz CT molecular complexity index is 471. The van der Waals surface area contributed by atoms with Gasteiger partial charge in [-0.25, -0.2) is 0 Å². The number of rotatable bonds is 7. The van der Waals surface area contributed by atoms with E-state index < -0.39 is 6.04 Å². The lowest BCUT2D eigenvalue weighted by molar-refractivity contribution is -0.121. The Morgan fingerprint density at radius 1 is 1.33 bits per heavy atom. The van der Waals surface area contributed by atoms with E-state index in [1.165, 1.54) is 12.1 Å². The number of aliphatic hydroxyl groups is 2. The van der Waals surface area contributed by atoms with Crippen LogP contribution in [0.1, 0.15) is 6.92 Å². The normalized spacial score (nSPS) is 12.5. The van der Waals surface area contributed by atoms with Crippen molar-refractivity contribution in [3.63, 3.8) is 0 Å². The number of nitrogens with two attached hydrogens (primary N) is 1. The van der Waals surface area contributed by atoms with E-state index in [-0.39, 0.29) is 42.9 Å². The van der Waals surface area contributed by atoms with Crippen molar-refractivity contribution in [2.75, 3.05) is 37.4 Å². The van der Waals surface area contributed by atoms with Crippen molar-refractivity contribution in [3.05, 3.63) is 22.2 Å². The molecular formula is C13H19Cl2N3O3. The number of nitrogens with one attached hydrogen (secondary N) is 1. The maximum Gasteiger partial charge on any atom is 0.241 e. The zero-order valence-electron chi connectivity index (χ0n) is 11.6. The van der Waals surface area contributed by atoms with E-state index in [4.69, 9.17) is 39.1 Å². The van der Waals surface area contributed by atoms with Gasteiger partial charge in [0.15, 0.2) is 0 Å². The van der Waals surface area contributed by atoms with Crippen LogP contribution in [0.15, 0.2) is 12.1 Å². The molecule has 0 aromatic heterocycles. The standard InChI is InChI=1S/C13H19Cl2N3O3/c1-8(18(2-4-19)3-5-20)13(21)17-12-10(15)6-9(14)7-11(12)16/h6-8,19-20H,2-5,16H2,1H3,(H,17,21). The van der Waals surface area contributed by atoms with Gasteiger partial charge in [0.25, 0.3) is 0 Å². The van der Waals surface area contributed by atoms with Crippen LogP contribution in [0.3, 0.4) is 0 Å². The number of halogens is 2. The predicted molar refractivity (Wildman–Crippen MR) is 84.7 cm³/mol. The van der Waals surface area contributed by atoms with Crippen molar-refractivity contribution in [1.29, 1.82) is 0 Å². The lowest BCUT2D eigenvalue weighted by atomic mass is 10.2. The second kappa shape index (κ2) is 8.41. The summed E-state index contributed by atoms with van der Waals surface area (Å²) >= 11 is 11.8. The molecule has 118 valence electrons. The molecule has 0 spiro atoms. The van der Waals surface area contributed by atoms with Crippen LogP contribution in [-0.4, -0.2) is 53.4 Å². The lowest BCUT2D eigenvalue weighted by Gasteiger charge is -2.27. The number of benzene rings is 1. The molecule has 1 atom stereocenters. The van der Waals surface area contributed by atoms with E-state index in [0.29, 0.717) is 10.7 Å².